The molecule has 1 amide bonds. The van der Waals surface area contributed by atoms with Gasteiger partial charge in [0.05, 0.1) is 29.6 Å². The zero-order valence-electron chi connectivity index (χ0n) is 16.6. The minimum Gasteiger partial charge on any atom is -0.356 e. The molecule has 6 nitrogen and oxygen atoms in total. The Bertz CT molecular complexity index is 989. The lowest BCUT2D eigenvalue weighted by atomic mass is 10.1. The van der Waals surface area contributed by atoms with Gasteiger partial charge in [-0.25, -0.2) is 10.1 Å². The lowest BCUT2D eigenvalue weighted by Gasteiger charge is -2.20. The van der Waals surface area contributed by atoms with Crippen LogP contribution in [0, 0.1) is 6.92 Å². The highest BCUT2D eigenvalue weighted by Crippen LogP contribution is 2.28. The molecule has 0 atom stereocenters. The molecule has 29 heavy (non-hydrogen) atoms. The molecule has 0 saturated carbocycles. The summed E-state index contributed by atoms with van der Waals surface area (Å²) >= 11 is 0. The van der Waals surface area contributed by atoms with E-state index in [9.17, 15) is 4.79 Å². The summed E-state index contributed by atoms with van der Waals surface area (Å²) in [7, 11) is 0. The van der Waals surface area contributed by atoms with Gasteiger partial charge in [0.25, 0.3) is 0 Å². The zero-order valence-corrected chi connectivity index (χ0v) is 16.6. The number of nitrogens with one attached hydrogen (secondary N) is 1. The molecule has 0 spiro atoms. The highest BCUT2D eigenvalue weighted by molar-refractivity contribution is 5.90. The van der Waals surface area contributed by atoms with Gasteiger partial charge in [0.2, 0.25) is 5.91 Å². The number of carbonyl (C=O) groups is 1. The Morgan fingerprint density at radius 1 is 1.07 bits per heavy atom. The second-order valence-electron chi connectivity index (χ2n) is 7.22. The van der Waals surface area contributed by atoms with Gasteiger partial charge in [0.15, 0.2) is 0 Å². The summed E-state index contributed by atoms with van der Waals surface area (Å²) in [6, 6.07) is 19.8. The van der Waals surface area contributed by atoms with Crippen molar-refractivity contribution in [3.05, 3.63) is 77.5 Å². The third-order valence-electron chi connectivity index (χ3n) is 5.08. The minimum absolute atomic E-state index is 0.136. The number of hydrogen-bond donors (Lipinski definition) is 1. The van der Waals surface area contributed by atoms with Crippen molar-refractivity contribution < 1.29 is 4.79 Å². The van der Waals surface area contributed by atoms with Crippen LogP contribution in [0.25, 0.3) is 5.69 Å². The summed E-state index contributed by atoms with van der Waals surface area (Å²) in [6.07, 6.45) is 4.37. The highest BCUT2D eigenvalue weighted by atomic mass is 16.2. The Morgan fingerprint density at radius 3 is 2.41 bits per heavy atom. The van der Waals surface area contributed by atoms with E-state index in [1.807, 2.05) is 60.1 Å². The van der Waals surface area contributed by atoms with E-state index < -0.39 is 0 Å². The maximum absolute atomic E-state index is 12.2. The average Bonchev–Trinajstić information content (AvgIpc) is 3.38. The largest absolute Gasteiger partial charge is 0.356 e. The molecular weight excluding hydrogens is 362 g/mol. The molecule has 1 saturated heterocycles. The van der Waals surface area contributed by atoms with Gasteiger partial charge < -0.3 is 4.90 Å². The molecule has 3 aromatic rings. The number of benzene rings is 2. The molecule has 2 aromatic carbocycles. The van der Waals surface area contributed by atoms with Crippen LogP contribution in [0.15, 0.2) is 65.8 Å². The molecule has 0 radical (unpaired) electrons. The summed E-state index contributed by atoms with van der Waals surface area (Å²) in [5.41, 5.74) is 6.46. The second kappa shape index (κ2) is 8.73. The molecular formula is C23H25N5O. The van der Waals surface area contributed by atoms with E-state index in [0.717, 1.165) is 41.4 Å². The molecule has 1 aliphatic heterocycles. The fourth-order valence-corrected chi connectivity index (χ4v) is 3.65. The monoisotopic (exact) mass is 387 g/mol. The van der Waals surface area contributed by atoms with E-state index in [0.29, 0.717) is 6.42 Å². The lowest BCUT2D eigenvalue weighted by Crippen LogP contribution is -2.23. The van der Waals surface area contributed by atoms with E-state index >= 15 is 0 Å². The van der Waals surface area contributed by atoms with Gasteiger partial charge in [0, 0.05) is 13.1 Å². The molecule has 0 bridgehead atoms. The number of hydrogen-bond acceptors (Lipinski definition) is 4. The summed E-state index contributed by atoms with van der Waals surface area (Å²) in [5, 5.41) is 9.00. The average molecular weight is 387 g/mol. The lowest BCUT2D eigenvalue weighted by molar-refractivity contribution is -0.120. The number of carbonyl (C=O) groups excluding carboxylic acids is 1. The summed E-state index contributed by atoms with van der Waals surface area (Å²) < 4.78 is 1.98. The van der Waals surface area contributed by atoms with Gasteiger partial charge >= 0.3 is 0 Å². The zero-order chi connectivity index (χ0) is 20.1. The maximum atomic E-state index is 12.2. The maximum Gasteiger partial charge on any atom is 0.244 e. The Labute approximate surface area is 170 Å². The van der Waals surface area contributed by atoms with Gasteiger partial charge in [-0.1, -0.05) is 48.5 Å². The first-order valence-electron chi connectivity index (χ1n) is 9.98. The first kappa shape index (κ1) is 18.9. The Kier molecular flexibility index (Phi) is 5.70. The second-order valence-corrected chi connectivity index (χ2v) is 7.22. The van der Waals surface area contributed by atoms with E-state index in [4.69, 9.17) is 5.10 Å². The van der Waals surface area contributed by atoms with Crippen molar-refractivity contribution in [2.45, 2.75) is 26.2 Å². The van der Waals surface area contributed by atoms with Crippen LogP contribution in [-0.2, 0) is 11.2 Å². The van der Waals surface area contributed by atoms with Crippen LogP contribution in [0.5, 0.6) is 0 Å². The molecule has 1 aromatic heterocycles. The normalized spacial score (nSPS) is 13.9. The van der Waals surface area contributed by atoms with Crippen molar-refractivity contribution in [2.24, 2.45) is 5.10 Å². The minimum atomic E-state index is -0.136. The van der Waals surface area contributed by atoms with Crippen LogP contribution < -0.4 is 10.3 Å². The third-order valence-corrected chi connectivity index (χ3v) is 5.08. The van der Waals surface area contributed by atoms with Gasteiger partial charge in [-0.05, 0) is 37.5 Å². The summed E-state index contributed by atoms with van der Waals surface area (Å²) in [6.45, 7) is 3.98. The fraction of sp³-hybridized carbons (Fsp3) is 0.261. The standard InChI is InChI=1S/C23H25N5O/c1-18-21(17-24-25-22(29)16-19-10-4-2-5-11-19)23(27-14-8-9-15-27)28(26-18)20-12-6-3-7-13-20/h2-7,10-13,17H,8-9,14-16H2,1H3,(H,25,29). The van der Waals surface area contributed by atoms with E-state index in [1.165, 1.54) is 12.8 Å². The number of amides is 1. The summed E-state index contributed by atoms with van der Waals surface area (Å²) in [5.74, 6) is 0.899. The summed E-state index contributed by atoms with van der Waals surface area (Å²) in [4.78, 5) is 14.5. The number of hydrazone groups is 1. The van der Waals surface area contributed by atoms with E-state index in [2.05, 4.69) is 27.6 Å². The Hall–Kier alpha value is -3.41. The number of nitrogens with zero attached hydrogens (tertiary/aromatic N) is 4. The predicted molar refractivity (Wildman–Crippen MR) is 116 cm³/mol. The van der Waals surface area contributed by atoms with Crippen LogP contribution in [0.4, 0.5) is 5.82 Å². The molecule has 2 heterocycles. The van der Waals surface area contributed by atoms with Crippen LogP contribution in [0.1, 0.15) is 29.7 Å². The van der Waals surface area contributed by atoms with Crippen molar-refractivity contribution in [1.29, 1.82) is 0 Å². The Balaban J connectivity index is 1.57. The number of para-hydroxylation sites is 1. The van der Waals surface area contributed by atoms with Crippen LogP contribution in [-0.4, -0.2) is 35.0 Å². The molecule has 0 unspecified atom stereocenters. The molecule has 1 fully saturated rings. The number of aryl methyl sites for hydroxylation is 1. The van der Waals surface area contributed by atoms with E-state index in [-0.39, 0.29) is 5.91 Å². The number of aromatic nitrogens is 2. The number of anilines is 1. The molecule has 1 N–H and O–H groups in total. The molecule has 0 aliphatic carbocycles. The van der Waals surface area contributed by atoms with Crippen molar-refractivity contribution in [2.75, 3.05) is 18.0 Å². The van der Waals surface area contributed by atoms with Gasteiger partial charge in [-0.2, -0.15) is 10.2 Å². The quantitative estimate of drug-likeness (QED) is 0.520. The van der Waals surface area contributed by atoms with Crippen LogP contribution in [0.2, 0.25) is 0 Å². The third kappa shape index (κ3) is 4.37. The first-order chi connectivity index (χ1) is 14.2. The number of rotatable bonds is 6. The fourth-order valence-electron chi connectivity index (χ4n) is 3.65. The van der Waals surface area contributed by atoms with Crippen molar-refractivity contribution in [1.82, 2.24) is 15.2 Å². The molecule has 4 rings (SSSR count). The van der Waals surface area contributed by atoms with Gasteiger partial charge in [-0.3, -0.25) is 4.79 Å². The highest BCUT2D eigenvalue weighted by Gasteiger charge is 2.23. The van der Waals surface area contributed by atoms with E-state index in [1.54, 1.807) is 6.21 Å². The predicted octanol–water partition coefficient (Wildman–Crippen LogP) is 3.47. The molecule has 148 valence electrons. The van der Waals surface area contributed by atoms with Crippen molar-refractivity contribution >= 4 is 17.9 Å². The molecule has 1 aliphatic rings. The SMILES string of the molecule is Cc1nn(-c2ccccc2)c(N2CCCC2)c1C=NNC(=O)Cc1ccccc1. The van der Waals surface area contributed by atoms with Crippen LogP contribution in [0.3, 0.4) is 0 Å². The molecule has 6 heteroatoms. The van der Waals surface area contributed by atoms with Crippen molar-refractivity contribution in [3.63, 3.8) is 0 Å². The topological polar surface area (TPSA) is 62.5 Å². The van der Waals surface area contributed by atoms with Crippen molar-refractivity contribution in [3.8, 4) is 5.69 Å². The Morgan fingerprint density at radius 2 is 1.72 bits per heavy atom. The van der Waals surface area contributed by atoms with Crippen LogP contribution >= 0.6 is 0 Å². The van der Waals surface area contributed by atoms with Gasteiger partial charge in [0.1, 0.15) is 5.82 Å². The van der Waals surface area contributed by atoms with Gasteiger partial charge in [-0.15, -0.1) is 0 Å². The smallest absolute Gasteiger partial charge is 0.244 e. The first-order valence-corrected chi connectivity index (χ1v) is 9.98.